The molecular weight excluding hydrogens is 414 g/mol. The summed E-state index contributed by atoms with van der Waals surface area (Å²) in [5, 5.41) is 23.6. The van der Waals surface area contributed by atoms with Crippen LogP contribution in [0, 0.1) is 11.8 Å². The summed E-state index contributed by atoms with van der Waals surface area (Å²) >= 11 is 1.59. The number of fused-ring (bicyclic) bond motifs is 1. The molecule has 0 aliphatic carbocycles. The number of aliphatic hydroxyl groups excluding tert-OH is 1. The van der Waals surface area contributed by atoms with Gasteiger partial charge in [-0.3, -0.25) is 4.79 Å². The largest absolute Gasteiger partial charge is 0.477 e. The highest BCUT2D eigenvalue weighted by molar-refractivity contribution is 8.03. The van der Waals surface area contributed by atoms with Gasteiger partial charge in [0.1, 0.15) is 5.70 Å². The van der Waals surface area contributed by atoms with Gasteiger partial charge in [0.05, 0.1) is 18.1 Å². The second kappa shape index (κ2) is 8.58. The first-order valence-corrected chi connectivity index (χ1v) is 11.7. The molecule has 168 valence electrons. The van der Waals surface area contributed by atoms with Gasteiger partial charge in [-0.1, -0.05) is 31.2 Å². The van der Waals surface area contributed by atoms with Crippen LogP contribution in [0.5, 0.6) is 0 Å². The van der Waals surface area contributed by atoms with Gasteiger partial charge < -0.3 is 25.3 Å². The summed E-state index contributed by atoms with van der Waals surface area (Å²) in [7, 11) is 4.11. The Bertz CT molecular complexity index is 899. The molecule has 7 nitrogen and oxygen atoms in total. The number of carbonyl (C=O) groups is 2. The normalized spacial score (nSPS) is 31.2. The maximum absolute atomic E-state index is 12.5. The van der Waals surface area contributed by atoms with Crippen molar-refractivity contribution in [2.45, 2.75) is 50.3 Å². The molecule has 8 heteroatoms. The van der Waals surface area contributed by atoms with Gasteiger partial charge in [0.15, 0.2) is 0 Å². The van der Waals surface area contributed by atoms with Gasteiger partial charge in [-0.2, -0.15) is 0 Å². The smallest absolute Gasteiger partial charge is 0.353 e. The Hall–Kier alpha value is -1.87. The fourth-order valence-corrected chi connectivity index (χ4v) is 6.60. The van der Waals surface area contributed by atoms with Gasteiger partial charge in [-0.05, 0) is 38.6 Å². The number of thioether (sulfide) groups is 1. The molecule has 0 aromatic heterocycles. The molecule has 1 aromatic carbocycles. The van der Waals surface area contributed by atoms with E-state index in [2.05, 4.69) is 48.6 Å². The molecule has 0 saturated carbocycles. The first kappa shape index (κ1) is 22.3. The van der Waals surface area contributed by atoms with Crippen molar-refractivity contribution in [1.82, 2.24) is 15.1 Å². The number of rotatable bonds is 7. The minimum atomic E-state index is -1.06. The predicted octanol–water partition coefficient (Wildman–Crippen LogP) is 2.04. The van der Waals surface area contributed by atoms with Crippen LogP contribution in [0.15, 0.2) is 34.9 Å². The van der Waals surface area contributed by atoms with E-state index in [0.29, 0.717) is 0 Å². The maximum atomic E-state index is 12.5. The lowest BCUT2D eigenvalue weighted by molar-refractivity contribution is -0.163. The summed E-state index contributed by atoms with van der Waals surface area (Å²) in [6.45, 7) is 5.27. The lowest BCUT2D eigenvalue weighted by atomic mass is 9.79. The number of hydrogen-bond acceptors (Lipinski definition) is 6. The summed E-state index contributed by atoms with van der Waals surface area (Å²) in [4.78, 5) is 28.8. The van der Waals surface area contributed by atoms with Crippen molar-refractivity contribution in [3.8, 4) is 0 Å². The number of benzene rings is 1. The number of amides is 1. The lowest BCUT2D eigenvalue weighted by Gasteiger charge is -2.46. The van der Waals surface area contributed by atoms with Gasteiger partial charge in [-0.15, -0.1) is 11.8 Å². The molecule has 2 saturated heterocycles. The fraction of sp³-hybridized carbons (Fsp3) is 0.565. The van der Waals surface area contributed by atoms with Crippen molar-refractivity contribution in [2.24, 2.45) is 11.8 Å². The number of carboxylic acid groups (broad SMARTS) is 1. The van der Waals surface area contributed by atoms with Crippen LogP contribution in [0.1, 0.15) is 37.4 Å². The number of hydrogen-bond donors (Lipinski definition) is 3. The van der Waals surface area contributed by atoms with Crippen molar-refractivity contribution in [3.63, 3.8) is 0 Å². The van der Waals surface area contributed by atoms with E-state index >= 15 is 0 Å². The lowest BCUT2D eigenvalue weighted by Crippen LogP contribution is -2.63. The third-order valence-corrected chi connectivity index (χ3v) is 8.09. The third-order valence-electron chi connectivity index (χ3n) is 6.58. The molecule has 1 amide bonds. The molecule has 3 N–H and O–H groups in total. The molecule has 4 rings (SSSR count). The Morgan fingerprint density at radius 2 is 2.00 bits per heavy atom. The monoisotopic (exact) mass is 445 g/mol. The molecule has 1 aromatic rings. The SMILES string of the molecule is C[C@@H](O)[C@H]1C(=O)N2C(C(=O)O)=C(S[C@@H]3CN[C@@H](c4ccc(CN(C)C)cc4)C3)[C@H](C)[C@H]12. The molecule has 0 unspecified atom stereocenters. The van der Waals surface area contributed by atoms with Crippen LogP contribution < -0.4 is 5.32 Å². The minimum absolute atomic E-state index is 0.0854. The molecule has 3 heterocycles. The van der Waals surface area contributed by atoms with Crippen molar-refractivity contribution in [3.05, 3.63) is 46.0 Å². The van der Waals surface area contributed by atoms with Crippen molar-refractivity contribution >= 4 is 23.6 Å². The minimum Gasteiger partial charge on any atom is -0.477 e. The molecule has 0 radical (unpaired) electrons. The molecule has 0 bridgehead atoms. The van der Waals surface area contributed by atoms with Crippen LogP contribution in [0.4, 0.5) is 0 Å². The Morgan fingerprint density at radius 1 is 1.32 bits per heavy atom. The number of carbonyl (C=O) groups excluding carboxylic acids is 1. The van der Waals surface area contributed by atoms with Gasteiger partial charge in [0.2, 0.25) is 5.91 Å². The average Bonchev–Trinajstić information content (AvgIpc) is 3.24. The molecular formula is C23H31N3O4S. The highest BCUT2D eigenvalue weighted by Crippen LogP contribution is 2.52. The standard InChI is InChI=1S/C23H31N3O4S/c1-12-19-18(13(2)27)22(28)26(19)20(23(29)30)21(12)31-16-9-17(24-10-16)15-7-5-14(6-8-15)11-25(3)4/h5-8,12-13,16-19,24,27H,9-11H2,1-4H3,(H,29,30)/t12-,13-,16+,17-,18-,19-/m1/s1. The van der Waals surface area contributed by atoms with E-state index in [9.17, 15) is 19.8 Å². The Morgan fingerprint density at radius 3 is 2.58 bits per heavy atom. The first-order valence-electron chi connectivity index (χ1n) is 10.8. The van der Waals surface area contributed by atoms with Gasteiger partial charge in [0, 0.05) is 35.2 Å². The third kappa shape index (κ3) is 4.02. The Kier molecular flexibility index (Phi) is 6.18. The summed E-state index contributed by atoms with van der Waals surface area (Å²) in [5.74, 6) is -1.94. The molecule has 2 fully saturated rings. The van der Waals surface area contributed by atoms with Crippen LogP contribution in [0.25, 0.3) is 0 Å². The number of carboxylic acids is 1. The summed E-state index contributed by atoms with van der Waals surface area (Å²) in [6, 6.07) is 8.64. The molecule has 3 aliphatic rings. The van der Waals surface area contributed by atoms with E-state index in [0.717, 1.165) is 24.4 Å². The molecule has 0 spiro atoms. The van der Waals surface area contributed by atoms with Crippen LogP contribution in [0.2, 0.25) is 0 Å². The van der Waals surface area contributed by atoms with E-state index in [1.807, 2.05) is 6.92 Å². The topological polar surface area (TPSA) is 93.1 Å². The van der Waals surface area contributed by atoms with Gasteiger partial charge in [0.25, 0.3) is 0 Å². The molecule has 31 heavy (non-hydrogen) atoms. The van der Waals surface area contributed by atoms with Crippen LogP contribution in [-0.4, -0.2) is 69.9 Å². The summed E-state index contributed by atoms with van der Waals surface area (Å²) in [6.07, 6.45) is 0.128. The molecule has 6 atom stereocenters. The second-order valence-corrected chi connectivity index (χ2v) is 10.5. The van der Waals surface area contributed by atoms with E-state index in [1.165, 1.54) is 16.0 Å². The van der Waals surface area contributed by atoms with Crippen LogP contribution in [0.3, 0.4) is 0 Å². The number of aliphatic carboxylic acids is 1. The second-order valence-electron chi connectivity index (χ2n) is 9.19. The number of β-lactam (4-membered cyclic amide) rings is 1. The first-order chi connectivity index (χ1) is 14.7. The quantitative estimate of drug-likeness (QED) is 0.553. The zero-order chi connectivity index (χ0) is 22.4. The highest BCUT2D eigenvalue weighted by atomic mass is 32.2. The average molecular weight is 446 g/mol. The Balaban J connectivity index is 1.46. The van der Waals surface area contributed by atoms with Crippen molar-refractivity contribution in [2.75, 3.05) is 20.6 Å². The highest BCUT2D eigenvalue weighted by Gasteiger charge is 2.60. The van der Waals surface area contributed by atoms with Gasteiger partial charge >= 0.3 is 5.97 Å². The maximum Gasteiger partial charge on any atom is 0.353 e. The van der Waals surface area contributed by atoms with E-state index in [4.69, 9.17) is 0 Å². The zero-order valence-electron chi connectivity index (χ0n) is 18.4. The van der Waals surface area contributed by atoms with Crippen LogP contribution in [-0.2, 0) is 16.1 Å². The molecule has 3 aliphatic heterocycles. The van der Waals surface area contributed by atoms with E-state index in [1.54, 1.807) is 18.7 Å². The summed E-state index contributed by atoms with van der Waals surface area (Å²) < 4.78 is 0. The van der Waals surface area contributed by atoms with Gasteiger partial charge in [-0.25, -0.2) is 4.79 Å². The predicted molar refractivity (Wildman–Crippen MR) is 120 cm³/mol. The zero-order valence-corrected chi connectivity index (χ0v) is 19.2. The Labute approximate surface area is 187 Å². The van der Waals surface area contributed by atoms with Crippen molar-refractivity contribution < 1.29 is 19.8 Å². The van der Waals surface area contributed by atoms with Crippen LogP contribution >= 0.6 is 11.8 Å². The number of nitrogens with one attached hydrogen (secondary N) is 1. The van der Waals surface area contributed by atoms with E-state index < -0.39 is 18.0 Å². The number of aliphatic hydroxyl groups is 1. The number of nitrogens with zero attached hydrogens (tertiary/aromatic N) is 2. The van der Waals surface area contributed by atoms with E-state index in [-0.39, 0.29) is 34.9 Å². The summed E-state index contributed by atoms with van der Waals surface area (Å²) in [5.41, 5.74) is 2.63. The van der Waals surface area contributed by atoms with Crippen molar-refractivity contribution in [1.29, 1.82) is 0 Å². The fourth-order valence-electron chi connectivity index (χ4n) is 5.13.